The Labute approximate surface area is 136 Å². The number of methoxy groups -OCH3 is 3. The van der Waals surface area contributed by atoms with Gasteiger partial charge in [0.2, 0.25) is 5.75 Å². The van der Waals surface area contributed by atoms with Gasteiger partial charge in [0.25, 0.3) is 0 Å². The van der Waals surface area contributed by atoms with Crippen LogP contribution in [0.1, 0.15) is 37.1 Å². The maximum atomic E-state index is 10.6. The summed E-state index contributed by atoms with van der Waals surface area (Å²) < 4.78 is 17.8. The first-order valence-corrected chi connectivity index (χ1v) is 7.65. The molecule has 1 aromatic carbocycles. The average molecular weight is 320 g/mol. The van der Waals surface area contributed by atoms with Crippen molar-refractivity contribution in [2.24, 2.45) is 0 Å². The van der Waals surface area contributed by atoms with Gasteiger partial charge in [0, 0.05) is 12.7 Å². The molecule has 1 unspecified atom stereocenters. The van der Waals surface area contributed by atoms with Crippen molar-refractivity contribution in [2.45, 2.75) is 32.4 Å². The molecule has 0 spiro atoms. The Morgan fingerprint density at radius 2 is 1.78 bits per heavy atom. The molecule has 1 atom stereocenters. The molecular formula is C17H24N2O4. The minimum atomic E-state index is -0.855. The molecule has 0 aliphatic rings. The van der Waals surface area contributed by atoms with Crippen LogP contribution in [0.15, 0.2) is 24.4 Å². The molecule has 0 saturated heterocycles. The minimum Gasteiger partial charge on any atom is -0.493 e. The molecule has 2 aromatic rings. The van der Waals surface area contributed by atoms with Crippen molar-refractivity contribution in [3.8, 4) is 17.2 Å². The smallest absolute Gasteiger partial charge is 0.203 e. The van der Waals surface area contributed by atoms with Gasteiger partial charge in [-0.1, -0.05) is 13.3 Å². The van der Waals surface area contributed by atoms with Gasteiger partial charge in [-0.25, -0.2) is 0 Å². The highest BCUT2D eigenvalue weighted by atomic mass is 16.5. The molecule has 0 amide bonds. The quantitative estimate of drug-likeness (QED) is 0.810. The Morgan fingerprint density at radius 3 is 2.30 bits per heavy atom. The zero-order valence-electron chi connectivity index (χ0n) is 14.1. The number of nitrogens with zero attached hydrogens (tertiary/aromatic N) is 2. The number of hydrogen-bond donors (Lipinski definition) is 1. The maximum absolute atomic E-state index is 10.6. The number of benzene rings is 1. The molecule has 1 N–H and O–H groups in total. The summed E-state index contributed by atoms with van der Waals surface area (Å²) in [7, 11) is 4.64. The van der Waals surface area contributed by atoms with Crippen LogP contribution in [0.3, 0.4) is 0 Å². The normalized spacial score (nSPS) is 12.0. The number of rotatable bonds is 8. The molecule has 6 heteroatoms. The second-order valence-electron chi connectivity index (χ2n) is 5.22. The highest BCUT2D eigenvalue weighted by molar-refractivity contribution is 5.54. The fraction of sp³-hybridized carbons (Fsp3) is 0.471. The second kappa shape index (κ2) is 7.87. The van der Waals surface area contributed by atoms with Crippen LogP contribution >= 0.6 is 0 Å². The number of hydrogen-bond acceptors (Lipinski definition) is 5. The molecule has 0 fully saturated rings. The van der Waals surface area contributed by atoms with E-state index < -0.39 is 6.10 Å². The van der Waals surface area contributed by atoms with Gasteiger partial charge in [-0.2, -0.15) is 5.10 Å². The largest absolute Gasteiger partial charge is 0.493 e. The van der Waals surface area contributed by atoms with Gasteiger partial charge in [0.15, 0.2) is 11.5 Å². The van der Waals surface area contributed by atoms with Gasteiger partial charge in [-0.05, 0) is 30.2 Å². The van der Waals surface area contributed by atoms with Crippen LogP contribution in [0.4, 0.5) is 0 Å². The van der Waals surface area contributed by atoms with E-state index in [2.05, 4.69) is 12.0 Å². The van der Waals surface area contributed by atoms with Crippen molar-refractivity contribution >= 4 is 0 Å². The maximum Gasteiger partial charge on any atom is 0.203 e. The Bertz CT molecular complexity index is 614. The zero-order chi connectivity index (χ0) is 16.8. The number of aryl methyl sites for hydroxylation is 1. The number of aliphatic hydroxyl groups is 1. The van der Waals surface area contributed by atoms with E-state index in [1.54, 1.807) is 33.5 Å². The molecule has 6 nitrogen and oxygen atoms in total. The monoisotopic (exact) mass is 320 g/mol. The summed E-state index contributed by atoms with van der Waals surface area (Å²) in [5.74, 6) is 1.51. The van der Waals surface area contributed by atoms with Crippen molar-refractivity contribution < 1.29 is 19.3 Å². The fourth-order valence-corrected chi connectivity index (χ4v) is 2.40. The number of aliphatic hydroxyl groups excluding tert-OH is 1. The van der Waals surface area contributed by atoms with E-state index in [9.17, 15) is 5.11 Å². The summed E-state index contributed by atoms with van der Waals surface area (Å²) in [6.07, 6.45) is 3.18. The van der Waals surface area contributed by atoms with Crippen molar-refractivity contribution in [3.63, 3.8) is 0 Å². The average Bonchev–Trinajstić information content (AvgIpc) is 3.06. The second-order valence-corrected chi connectivity index (χ2v) is 5.22. The molecule has 0 radical (unpaired) electrons. The van der Waals surface area contributed by atoms with Crippen LogP contribution in [0.25, 0.3) is 0 Å². The van der Waals surface area contributed by atoms with E-state index in [4.69, 9.17) is 14.2 Å². The van der Waals surface area contributed by atoms with Crippen LogP contribution in [0.2, 0.25) is 0 Å². The summed E-state index contributed by atoms with van der Waals surface area (Å²) >= 11 is 0. The molecular weight excluding hydrogens is 296 g/mol. The highest BCUT2D eigenvalue weighted by Gasteiger charge is 2.20. The Balaban J connectivity index is 2.31. The van der Waals surface area contributed by atoms with Crippen molar-refractivity contribution in [1.29, 1.82) is 0 Å². The van der Waals surface area contributed by atoms with Crippen molar-refractivity contribution in [1.82, 2.24) is 9.78 Å². The third kappa shape index (κ3) is 3.76. The lowest BCUT2D eigenvalue weighted by molar-refractivity contribution is 0.212. The third-order valence-electron chi connectivity index (χ3n) is 3.69. The Hall–Kier alpha value is -2.21. The molecule has 2 rings (SSSR count). The lowest BCUT2D eigenvalue weighted by atomic mass is 10.1. The molecule has 0 saturated carbocycles. The topological polar surface area (TPSA) is 65.7 Å². The van der Waals surface area contributed by atoms with E-state index in [1.807, 2.05) is 16.9 Å². The Morgan fingerprint density at radius 1 is 1.13 bits per heavy atom. The molecule has 0 bridgehead atoms. The third-order valence-corrected chi connectivity index (χ3v) is 3.69. The van der Waals surface area contributed by atoms with Crippen LogP contribution in [0.5, 0.6) is 17.2 Å². The van der Waals surface area contributed by atoms with Gasteiger partial charge in [-0.15, -0.1) is 0 Å². The van der Waals surface area contributed by atoms with Crippen molar-refractivity contribution in [2.75, 3.05) is 21.3 Å². The summed E-state index contributed by atoms with van der Waals surface area (Å²) in [4.78, 5) is 0. The zero-order valence-corrected chi connectivity index (χ0v) is 14.1. The fourth-order valence-electron chi connectivity index (χ4n) is 2.40. The van der Waals surface area contributed by atoms with Gasteiger partial charge < -0.3 is 19.3 Å². The Kier molecular flexibility index (Phi) is 5.87. The molecule has 23 heavy (non-hydrogen) atoms. The molecule has 0 aliphatic heterocycles. The van der Waals surface area contributed by atoms with Crippen LogP contribution in [-0.4, -0.2) is 36.2 Å². The molecule has 1 aromatic heterocycles. The van der Waals surface area contributed by atoms with E-state index in [0.717, 1.165) is 19.4 Å². The highest BCUT2D eigenvalue weighted by Crippen LogP contribution is 2.40. The summed E-state index contributed by atoms with van der Waals surface area (Å²) in [6, 6.07) is 5.29. The van der Waals surface area contributed by atoms with E-state index in [1.165, 1.54) is 0 Å². The number of unbranched alkanes of at least 4 members (excludes halogenated alkanes) is 1. The van der Waals surface area contributed by atoms with Gasteiger partial charge in [0.1, 0.15) is 6.10 Å². The van der Waals surface area contributed by atoms with Gasteiger partial charge >= 0.3 is 0 Å². The lowest BCUT2D eigenvalue weighted by Gasteiger charge is -2.16. The first kappa shape index (κ1) is 17.1. The number of ether oxygens (including phenoxy) is 3. The summed E-state index contributed by atoms with van der Waals surface area (Å²) in [5, 5.41) is 15.0. The first-order chi connectivity index (χ1) is 11.1. The van der Waals surface area contributed by atoms with Crippen LogP contribution in [-0.2, 0) is 6.54 Å². The predicted octanol–water partition coefficient (Wildman–Crippen LogP) is 2.79. The number of aromatic nitrogens is 2. The predicted molar refractivity (Wildman–Crippen MR) is 87.3 cm³/mol. The van der Waals surface area contributed by atoms with E-state index in [0.29, 0.717) is 28.5 Å². The summed E-state index contributed by atoms with van der Waals surface area (Å²) in [6.45, 7) is 2.98. The lowest BCUT2D eigenvalue weighted by Crippen LogP contribution is -2.05. The van der Waals surface area contributed by atoms with E-state index >= 15 is 0 Å². The molecule has 1 heterocycles. The summed E-state index contributed by atoms with van der Waals surface area (Å²) in [5.41, 5.74) is 1.23. The van der Waals surface area contributed by atoms with Crippen LogP contribution < -0.4 is 14.2 Å². The molecule has 126 valence electrons. The molecule has 0 aliphatic carbocycles. The van der Waals surface area contributed by atoms with Crippen LogP contribution in [0, 0.1) is 0 Å². The standard InChI is InChI=1S/C17H24N2O4/c1-5-6-8-19-9-7-13(18-19)16(20)12-10-14(21-2)17(23-4)15(11-12)22-3/h7,9-11,16,20H,5-6,8H2,1-4H3. The van der Waals surface area contributed by atoms with Gasteiger partial charge in [0.05, 0.1) is 27.0 Å². The first-order valence-electron chi connectivity index (χ1n) is 7.65. The van der Waals surface area contributed by atoms with Gasteiger partial charge in [-0.3, -0.25) is 4.68 Å². The van der Waals surface area contributed by atoms with E-state index in [-0.39, 0.29) is 0 Å². The van der Waals surface area contributed by atoms with Crippen molar-refractivity contribution in [3.05, 3.63) is 35.7 Å². The minimum absolute atomic E-state index is 0.499. The SMILES string of the molecule is CCCCn1ccc(C(O)c2cc(OC)c(OC)c(OC)c2)n1.